The Morgan fingerprint density at radius 2 is 1.05 bits per heavy atom. The van der Waals surface area contributed by atoms with Crippen LogP contribution in [-0.2, 0) is 21.7 Å². The van der Waals surface area contributed by atoms with E-state index >= 15 is 0 Å². The first-order chi connectivity index (χ1) is 27.4. The number of aromatic nitrogens is 2. The largest absolute Gasteiger partial charge is 0.457 e. The third-order valence-corrected chi connectivity index (χ3v) is 11.9. The van der Waals surface area contributed by atoms with Gasteiger partial charge in [-0.3, -0.25) is 4.57 Å². The van der Waals surface area contributed by atoms with Crippen molar-refractivity contribution in [3.63, 3.8) is 0 Å². The average molecular weight is 767 g/mol. The molecule has 8 rings (SSSR count). The Bertz CT molecular complexity index is 2630. The van der Waals surface area contributed by atoms with Crippen molar-refractivity contribution in [3.05, 3.63) is 168 Å². The molecule has 0 N–H and O–H groups in total. The van der Waals surface area contributed by atoms with Crippen LogP contribution >= 0.6 is 0 Å². The number of hydrogen-bond donors (Lipinski definition) is 0. The molecule has 1 aliphatic heterocycles. The van der Waals surface area contributed by atoms with Gasteiger partial charge in [0.15, 0.2) is 0 Å². The number of nitrogens with zero attached hydrogens (tertiary/aromatic N) is 4. The smallest absolute Gasteiger partial charge is 0.137 e. The van der Waals surface area contributed by atoms with Crippen LogP contribution in [0.2, 0.25) is 0 Å². The van der Waals surface area contributed by atoms with Gasteiger partial charge in [0.25, 0.3) is 0 Å². The summed E-state index contributed by atoms with van der Waals surface area (Å²) in [6.45, 7) is 25.8. The van der Waals surface area contributed by atoms with Crippen molar-refractivity contribution in [2.45, 2.75) is 97.8 Å². The number of anilines is 2. The quantitative estimate of drug-likeness (QED) is 0.162. The zero-order valence-corrected chi connectivity index (χ0v) is 36.2. The first kappa shape index (κ1) is 39.0. The van der Waals surface area contributed by atoms with Gasteiger partial charge in [0, 0.05) is 58.3 Å². The molecule has 0 radical (unpaired) electrons. The van der Waals surface area contributed by atoms with Gasteiger partial charge in [-0.1, -0.05) is 131 Å². The molecule has 5 aromatic carbocycles. The molecule has 0 bridgehead atoms. The van der Waals surface area contributed by atoms with E-state index in [0.29, 0.717) is 6.67 Å². The highest BCUT2D eigenvalue weighted by molar-refractivity contribution is 6.09. The zero-order valence-electron chi connectivity index (χ0n) is 36.2. The number of hydrogen-bond acceptors (Lipinski definition) is 4. The van der Waals surface area contributed by atoms with Gasteiger partial charge < -0.3 is 14.5 Å². The lowest BCUT2D eigenvalue weighted by Gasteiger charge is -2.30. The van der Waals surface area contributed by atoms with Crippen LogP contribution in [-0.4, -0.2) is 16.2 Å². The minimum atomic E-state index is -0.277. The molecule has 0 amide bonds. The Hall–Kier alpha value is -5.81. The van der Waals surface area contributed by atoms with Gasteiger partial charge in [-0.25, -0.2) is 4.98 Å². The maximum Gasteiger partial charge on any atom is 0.137 e. The lowest BCUT2D eigenvalue weighted by atomic mass is 9.78. The summed E-state index contributed by atoms with van der Waals surface area (Å²) in [4.78, 5) is 9.58. The van der Waals surface area contributed by atoms with Gasteiger partial charge >= 0.3 is 0 Å². The summed E-state index contributed by atoms with van der Waals surface area (Å²) in [5.41, 5.74) is 10.6. The molecule has 0 atom stereocenters. The lowest BCUT2D eigenvalue weighted by molar-refractivity contribution is 0.480. The van der Waals surface area contributed by atoms with E-state index < -0.39 is 0 Å². The van der Waals surface area contributed by atoms with Crippen molar-refractivity contribution in [1.29, 1.82) is 0 Å². The maximum absolute atomic E-state index is 6.94. The summed E-state index contributed by atoms with van der Waals surface area (Å²) in [5, 5.41) is 2.35. The highest BCUT2D eigenvalue weighted by Gasteiger charge is 2.28. The van der Waals surface area contributed by atoms with Gasteiger partial charge in [-0.15, -0.1) is 0 Å². The summed E-state index contributed by atoms with van der Waals surface area (Å²) in [6.07, 6.45) is 6.33. The van der Waals surface area contributed by atoms with Gasteiger partial charge in [0.1, 0.15) is 17.3 Å². The van der Waals surface area contributed by atoms with Gasteiger partial charge in [0.05, 0.1) is 17.7 Å². The molecule has 3 heterocycles. The number of pyridine rings is 1. The molecular weight excluding hydrogens is 709 g/mol. The van der Waals surface area contributed by atoms with E-state index in [1.807, 2.05) is 6.20 Å². The van der Waals surface area contributed by atoms with Gasteiger partial charge in [0.2, 0.25) is 0 Å². The van der Waals surface area contributed by atoms with Crippen LogP contribution < -0.4 is 14.5 Å². The van der Waals surface area contributed by atoms with E-state index in [1.54, 1.807) is 0 Å². The van der Waals surface area contributed by atoms with E-state index in [9.17, 15) is 0 Å². The number of para-hydroxylation sites is 1. The normalized spacial score (nSPS) is 13.9. The minimum Gasteiger partial charge on any atom is -0.457 e. The Morgan fingerprint density at radius 3 is 1.71 bits per heavy atom. The molecule has 0 saturated carbocycles. The van der Waals surface area contributed by atoms with E-state index in [4.69, 9.17) is 9.72 Å². The van der Waals surface area contributed by atoms with Crippen molar-refractivity contribution in [3.8, 4) is 17.3 Å². The fourth-order valence-electron chi connectivity index (χ4n) is 7.99. The van der Waals surface area contributed by atoms with E-state index in [1.165, 1.54) is 38.9 Å². The Balaban J connectivity index is 1.20. The van der Waals surface area contributed by atoms with Crippen LogP contribution in [0.25, 0.3) is 27.6 Å². The fraction of sp³-hybridized carbons (Fsp3) is 0.302. The fourth-order valence-corrected chi connectivity index (χ4v) is 7.99. The number of fused-ring (bicyclic) bond motifs is 3. The highest BCUT2D eigenvalue weighted by atomic mass is 16.5. The summed E-state index contributed by atoms with van der Waals surface area (Å²) in [6, 6.07) is 44.0. The molecule has 2 aromatic heterocycles. The summed E-state index contributed by atoms with van der Waals surface area (Å²) in [7, 11) is 0. The molecule has 7 aromatic rings. The topological polar surface area (TPSA) is 33.5 Å². The minimum absolute atomic E-state index is 0.00559. The van der Waals surface area contributed by atoms with Gasteiger partial charge in [-0.05, 0) is 98.7 Å². The van der Waals surface area contributed by atoms with E-state index in [2.05, 4.69) is 224 Å². The molecule has 0 spiro atoms. The first-order valence-corrected chi connectivity index (χ1v) is 20.6. The molecule has 296 valence electrons. The van der Waals surface area contributed by atoms with Crippen molar-refractivity contribution in [1.82, 2.24) is 9.55 Å². The SMILES string of the molecule is CC(C)(C)c1cc(N2C=CN(c3cc(Oc4ccc5c6ccccc6n(-c6cc(C(C)(C)C)ccn6)c5c4)cc(C(C)(C)c4ccccc4)c3)C2)cc(C(C)(C)C)c1. The van der Waals surface area contributed by atoms with Crippen molar-refractivity contribution in [2.75, 3.05) is 16.5 Å². The second-order valence-corrected chi connectivity index (χ2v) is 19.6. The van der Waals surface area contributed by atoms with Crippen LogP contribution in [0.3, 0.4) is 0 Å². The van der Waals surface area contributed by atoms with Crippen LogP contribution in [0.1, 0.15) is 104 Å². The lowest BCUT2D eigenvalue weighted by Crippen LogP contribution is -2.26. The van der Waals surface area contributed by atoms with Crippen LogP contribution in [0.15, 0.2) is 140 Å². The monoisotopic (exact) mass is 766 g/mol. The second-order valence-electron chi connectivity index (χ2n) is 19.6. The molecule has 5 heteroatoms. The molecule has 0 saturated heterocycles. The molecular formula is C53H58N4O. The predicted molar refractivity (Wildman–Crippen MR) is 245 cm³/mol. The average Bonchev–Trinajstić information content (AvgIpc) is 3.81. The van der Waals surface area contributed by atoms with Crippen LogP contribution in [0.4, 0.5) is 11.4 Å². The molecule has 0 fully saturated rings. The highest BCUT2D eigenvalue weighted by Crippen LogP contribution is 2.41. The third kappa shape index (κ3) is 7.51. The maximum atomic E-state index is 6.94. The Morgan fingerprint density at radius 1 is 0.466 bits per heavy atom. The molecule has 58 heavy (non-hydrogen) atoms. The van der Waals surface area contributed by atoms with Crippen molar-refractivity contribution >= 4 is 33.2 Å². The van der Waals surface area contributed by atoms with Crippen LogP contribution in [0, 0.1) is 0 Å². The second kappa shape index (κ2) is 14.2. The summed E-state index contributed by atoms with van der Waals surface area (Å²) in [5.74, 6) is 2.47. The Labute approximate surface area is 345 Å². The van der Waals surface area contributed by atoms with Crippen LogP contribution in [0.5, 0.6) is 11.5 Å². The van der Waals surface area contributed by atoms with Crippen molar-refractivity contribution < 1.29 is 4.74 Å². The van der Waals surface area contributed by atoms with Crippen molar-refractivity contribution in [2.24, 2.45) is 0 Å². The third-order valence-electron chi connectivity index (χ3n) is 11.9. The molecule has 1 aliphatic rings. The standard InChI is InChI=1S/C53H58N4O/c1-50(2,3)37-23-24-54-49(32-37)57-47-20-16-15-19-45(47)46-22-21-43(34-48(46)57)58-44-31-40(53(10,11)36-17-13-12-14-18-36)30-42(33-44)56-26-25-55(35-56)41-28-38(51(4,5)6)27-39(29-41)52(7,8)9/h12-34H,35H2,1-11H3. The summed E-state index contributed by atoms with van der Waals surface area (Å²) < 4.78 is 9.22. The van der Waals surface area contributed by atoms with E-state index in [0.717, 1.165) is 39.4 Å². The molecule has 0 unspecified atom stereocenters. The zero-order chi connectivity index (χ0) is 41.2. The number of rotatable bonds is 7. The molecule has 5 nitrogen and oxygen atoms in total. The summed E-state index contributed by atoms with van der Waals surface area (Å²) >= 11 is 0. The number of ether oxygens (including phenoxy) is 1. The predicted octanol–water partition coefficient (Wildman–Crippen LogP) is 13.9. The Kier molecular flexibility index (Phi) is 9.58. The first-order valence-electron chi connectivity index (χ1n) is 20.6. The van der Waals surface area contributed by atoms with E-state index in [-0.39, 0.29) is 21.7 Å². The number of benzene rings is 5. The van der Waals surface area contributed by atoms with Gasteiger partial charge in [-0.2, -0.15) is 0 Å². The molecule has 0 aliphatic carbocycles.